The Bertz CT molecular complexity index is 328. The standard InChI is InChI=1S/C9H9N3O/c10-6-7(9(11)13)5-8-3-1-2-4-12-8/h1-4,7H,5H2,(H2,11,13). The fourth-order valence-electron chi connectivity index (χ4n) is 0.938. The van der Waals surface area contributed by atoms with E-state index in [1.807, 2.05) is 6.07 Å². The zero-order chi connectivity index (χ0) is 9.68. The summed E-state index contributed by atoms with van der Waals surface area (Å²) >= 11 is 0. The van der Waals surface area contributed by atoms with Crippen LogP contribution in [-0.2, 0) is 11.2 Å². The molecule has 1 rings (SSSR count). The summed E-state index contributed by atoms with van der Waals surface area (Å²) in [6.45, 7) is 0. The highest BCUT2D eigenvalue weighted by atomic mass is 16.1. The predicted octanol–water partition coefficient (Wildman–Crippen LogP) is 0.249. The first-order chi connectivity index (χ1) is 6.24. The van der Waals surface area contributed by atoms with Crippen LogP contribution in [0.5, 0.6) is 0 Å². The molecule has 1 unspecified atom stereocenters. The molecule has 0 aromatic carbocycles. The minimum Gasteiger partial charge on any atom is -0.369 e. The van der Waals surface area contributed by atoms with Gasteiger partial charge in [-0.25, -0.2) is 0 Å². The quantitative estimate of drug-likeness (QED) is 0.715. The number of carbonyl (C=O) groups is 1. The summed E-state index contributed by atoms with van der Waals surface area (Å²) in [6, 6.07) is 7.17. The molecule has 0 saturated carbocycles. The second-order valence-corrected chi connectivity index (χ2v) is 2.61. The van der Waals surface area contributed by atoms with E-state index in [2.05, 4.69) is 4.98 Å². The van der Waals surface area contributed by atoms with Crippen molar-refractivity contribution in [2.45, 2.75) is 6.42 Å². The van der Waals surface area contributed by atoms with E-state index in [9.17, 15) is 4.79 Å². The van der Waals surface area contributed by atoms with Crippen LogP contribution >= 0.6 is 0 Å². The number of nitrogens with zero attached hydrogens (tertiary/aromatic N) is 2. The lowest BCUT2D eigenvalue weighted by atomic mass is 10.0. The Morgan fingerprint density at radius 1 is 1.69 bits per heavy atom. The molecule has 1 atom stereocenters. The maximum Gasteiger partial charge on any atom is 0.235 e. The number of pyridine rings is 1. The second-order valence-electron chi connectivity index (χ2n) is 2.61. The van der Waals surface area contributed by atoms with Crippen molar-refractivity contribution in [1.29, 1.82) is 5.26 Å². The average molecular weight is 175 g/mol. The molecule has 4 nitrogen and oxygen atoms in total. The van der Waals surface area contributed by atoms with Crippen molar-refractivity contribution in [3.63, 3.8) is 0 Å². The lowest BCUT2D eigenvalue weighted by Gasteiger charge is -2.02. The normalized spacial score (nSPS) is 11.6. The molecule has 0 aliphatic carbocycles. The number of hydrogen-bond acceptors (Lipinski definition) is 3. The van der Waals surface area contributed by atoms with E-state index in [0.717, 1.165) is 0 Å². The zero-order valence-electron chi connectivity index (χ0n) is 6.97. The SMILES string of the molecule is N#CC(Cc1ccccn1)C(N)=O. The minimum absolute atomic E-state index is 0.284. The number of amides is 1. The van der Waals surface area contributed by atoms with Crippen LogP contribution in [0, 0.1) is 17.2 Å². The number of hydrogen-bond donors (Lipinski definition) is 1. The Labute approximate surface area is 76.0 Å². The van der Waals surface area contributed by atoms with Gasteiger partial charge >= 0.3 is 0 Å². The van der Waals surface area contributed by atoms with E-state index in [1.165, 1.54) is 0 Å². The first-order valence-corrected chi connectivity index (χ1v) is 3.83. The van der Waals surface area contributed by atoms with Crippen LogP contribution in [0.2, 0.25) is 0 Å². The summed E-state index contributed by atoms with van der Waals surface area (Å²) in [5.74, 6) is -1.39. The van der Waals surface area contributed by atoms with E-state index >= 15 is 0 Å². The van der Waals surface area contributed by atoms with Gasteiger partial charge in [-0.2, -0.15) is 5.26 Å². The van der Waals surface area contributed by atoms with E-state index in [0.29, 0.717) is 5.69 Å². The molecular formula is C9H9N3O. The van der Waals surface area contributed by atoms with E-state index in [1.54, 1.807) is 24.4 Å². The average Bonchev–Trinajstić information content (AvgIpc) is 2.15. The topological polar surface area (TPSA) is 79.8 Å². The van der Waals surface area contributed by atoms with Gasteiger partial charge in [-0.1, -0.05) is 6.07 Å². The third-order valence-corrected chi connectivity index (χ3v) is 1.64. The molecular weight excluding hydrogens is 166 g/mol. The molecule has 0 saturated heterocycles. The van der Waals surface area contributed by atoms with Gasteiger partial charge in [0.1, 0.15) is 5.92 Å². The van der Waals surface area contributed by atoms with E-state index < -0.39 is 11.8 Å². The van der Waals surface area contributed by atoms with Crippen LogP contribution in [-0.4, -0.2) is 10.9 Å². The van der Waals surface area contributed by atoms with Crippen molar-refractivity contribution in [1.82, 2.24) is 4.98 Å². The Balaban J connectivity index is 2.69. The molecule has 1 amide bonds. The number of aromatic nitrogens is 1. The minimum atomic E-state index is -0.783. The Morgan fingerprint density at radius 2 is 2.46 bits per heavy atom. The Hall–Kier alpha value is -1.89. The van der Waals surface area contributed by atoms with Crippen molar-refractivity contribution >= 4 is 5.91 Å². The molecule has 0 fully saturated rings. The molecule has 66 valence electrons. The highest BCUT2D eigenvalue weighted by molar-refractivity contribution is 5.79. The number of carbonyl (C=O) groups excluding carboxylic acids is 1. The zero-order valence-corrected chi connectivity index (χ0v) is 6.97. The first-order valence-electron chi connectivity index (χ1n) is 3.83. The van der Waals surface area contributed by atoms with Gasteiger partial charge in [-0.15, -0.1) is 0 Å². The van der Waals surface area contributed by atoms with Crippen molar-refractivity contribution < 1.29 is 4.79 Å². The maximum absolute atomic E-state index is 10.7. The predicted molar refractivity (Wildman–Crippen MR) is 46.2 cm³/mol. The summed E-state index contributed by atoms with van der Waals surface area (Å²) in [7, 11) is 0. The molecule has 0 radical (unpaired) electrons. The van der Waals surface area contributed by atoms with E-state index in [-0.39, 0.29) is 6.42 Å². The molecule has 1 aromatic heterocycles. The van der Waals surface area contributed by atoms with Gasteiger partial charge in [0.15, 0.2) is 0 Å². The monoisotopic (exact) mass is 175 g/mol. The third-order valence-electron chi connectivity index (χ3n) is 1.64. The van der Waals surface area contributed by atoms with Gasteiger partial charge in [0.25, 0.3) is 0 Å². The lowest BCUT2D eigenvalue weighted by molar-refractivity contribution is -0.120. The van der Waals surface area contributed by atoms with Crippen LogP contribution in [0.4, 0.5) is 0 Å². The van der Waals surface area contributed by atoms with Crippen LogP contribution in [0.25, 0.3) is 0 Å². The highest BCUT2D eigenvalue weighted by Gasteiger charge is 2.14. The van der Waals surface area contributed by atoms with Crippen LogP contribution in [0.15, 0.2) is 24.4 Å². The molecule has 2 N–H and O–H groups in total. The molecule has 4 heteroatoms. The van der Waals surface area contributed by atoms with Gasteiger partial charge in [-0.05, 0) is 12.1 Å². The highest BCUT2D eigenvalue weighted by Crippen LogP contribution is 2.04. The summed E-state index contributed by atoms with van der Waals surface area (Å²) < 4.78 is 0. The van der Waals surface area contributed by atoms with Gasteiger partial charge < -0.3 is 5.73 Å². The summed E-state index contributed by atoms with van der Waals surface area (Å²) in [6.07, 6.45) is 1.90. The molecule has 0 spiro atoms. The molecule has 13 heavy (non-hydrogen) atoms. The maximum atomic E-state index is 10.7. The van der Waals surface area contributed by atoms with Gasteiger partial charge in [0.2, 0.25) is 5.91 Å². The van der Waals surface area contributed by atoms with Crippen LogP contribution in [0.1, 0.15) is 5.69 Å². The fourth-order valence-corrected chi connectivity index (χ4v) is 0.938. The summed E-state index contributed by atoms with van der Waals surface area (Å²) in [4.78, 5) is 14.7. The van der Waals surface area contributed by atoms with Crippen LogP contribution in [0.3, 0.4) is 0 Å². The lowest BCUT2D eigenvalue weighted by Crippen LogP contribution is -2.23. The number of primary amides is 1. The Kier molecular flexibility index (Phi) is 2.98. The molecule has 0 bridgehead atoms. The third kappa shape index (κ3) is 2.56. The van der Waals surface area contributed by atoms with Crippen molar-refractivity contribution in [2.75, 3.05) is 0 Å². The van der Waals surface area contributed by atoms with Crippen molar-refractivity contribution in [3.05, 3.63) is 30.1 Å². The molecule has 0 aliphatic heterocycles. The molecule has 1 heterocycles. The first kappa shape index (κ1) is 9.20. The number of rotatable bonds is 3. The summed E-state index contributed by atoms with van der Waals surface area (Å²) in [5, 5.41) is 8.58. The smallest absolute Gasteiger partial charge is 0.235 e. The van der Waals surface area contributed by atoms with Crippen molar-refractivity contribution in [3.8, 4) is 6.07 Å². The number of nitriles is 1. The van der Waals surface area contributed by atoms with Gasteiger partial charge in [-0.3, -0.25) is 9.78 Å². The number of nitrogens with two attached hydrogens (primary N) is 1. The largest absolute Gasteiger partial charge is 0.369 e. The molecule has 0 aliphatic rings. The van der Waals surface area contributed by atoms with Crippen molar-refractivity contribution in [2.24, 2.45) is 11.7 Å². The van der Waals surface area contributed by atoms with Gasteiger partial charge in [0.05, 0.1) is 6.07 Å². The van der Waals surface area contributed by atoms with E-state index in [4.69, 9.17) is 11.0 Å². The van der Waals surface area contributed by atoms with Gasteiger partial charge in [0, 0.05) is 18.3 Å². The fraction of sp³-hybridized carbons (Fsp3) is 0.222. The molecule has 1 aromatic rings. The summed E-state index contributed by atoms with van der Waals surface area (Å²) in [5.41, 5.74) is 5.71. The Morgan fingerprint density at radius 3 is 2.92 bits per heavy atom. The second kappa shape index (κ2) is 4.21. The van der Waals surface area contributed by atoms with Crippen LogP contribution < -0.4 is 5.73 Å².